The van der Waals surface area contributed by atoms with Crippen LogP contribution in [-0.4, -0.2) is 42.7 Å². The monoisotopic (exact) mass is 401 g/mol. The molecule has 0 atom stereocenters. The summed E-state index contributed by atoms with van der Waals surface area (Å²) in [5.74, 6) is 1.61. The summed E-state index contributed by atoms with van der Waals surface area (Å²) in [4.78, 5) is 0. The third-order valence-corrected chi connectivity index (χ3v) is 5.25. The fourth-order valence-electron chi connectivity index (χ4n) is 3.17. The normalized spacial score (nSPS) is 11.5. The lowest BCUT2D eigenvalue weighted by molar-refractivity contribution is 0.115. The zero-order chi connectivity index (χ0) is 21.1. The predicted molar refractivity (Wildman–Crippen MR) is 117 cm³/mol. The molecule has 5 nitrogen and oxygen atoms in total. The summed E-state index contributed by atoms with van der Waals surface area (Å²) in [6, 6.07) is 14.1. The molecule has 0 aliphatic rings. The number of aryl methyl sites for hydroxylation is 1. The molecule has 0 unspecified atom stereocenters. The first-order chi connectivity index (χ1) is 14.0. The van der Waals surface area contributed by atoms with Crippen molar-refractivity contribution in [2.24, 2.45) is 5.73 Å². The van der Waals surface area contributed by atoms with Crippen LogP contribution in [0.15, 0.2) is 42.5 Å². The van der Waals surface area contributed by atoms with E-state index in [1.165, 1.54) is 19.3 Å². The van der Waals surface area contributed by atoms with Gasteiger partial charge in [0.2, 0.25) is 0 Å². The van der Waals surface area contributed by atoms with E-state index in [2.05, 4.69) is 19.1 Å². The molecule has 0 amide bonds. The Morgan fingerprint density at radius 1 is 0.966 bits per heavy atom. The van der Waals surface area contributed by atoms with Crippen LogP contribution in [0.25, 0.3) is 11.1 Å². The van der Waals surface area contributed by atoms with Crippen LogP contribution in [0.3, 0.4) is 0 Å². The number of aliphatic hydroxyl groups excluding tert-OH is 2. The van der Waals surface area contributed by atoms with Crippen LogP contribution >= 0.6 is 0 Å². The highest BCUT2D eigenvalue weighted by Crippen LogP contribution is 2.33. The Morgan fingerprint density at radius 2 is 1.69 bits per heavy atom. The summed E-state index contributed by atoms with van der Waals surface area (Å²) in [6.45, 7) is 2.46. The SMILES string of the molecule is CCCCCCOc1ccc(-c2ccc(CCC(N)(CO)CO)cc2)c(OC)c1. The number of hydrogen-bond acceptors (Lipinski definition) is 5. The molecule has 29 heavy (non-hydrogen) atoms. The zero-order valence-electron chi connectivity index (χ0n) is 17.7. The Hall–Kier alpha value is -2.08. The Morgan fingerprint density at radius 3 is 2.31 bits per heavy atom. The van der Waals surface area contributed by atoms with Gasteiger partial charge in [0.05, 0.1) is 32.5 Å². The molecular formula is C24H35NO4. The zero-order valence-corrected chi connectivity index (χ0v) is 17.7. The molecule has 2 rings (SSSR count). The Labute approximate surface area is 174 Å². The Kier molecular flexibility index (Phi) is 9.45. The minimum atomic E-state index is -0.936. The molecule has 0 aromatic heterocycles. The highest BCUT2D eigenvalue weighted by Gasteiger charge is 2.22. The Balaban J connectivity index is 2.02. The molecule has 0 aliphatic heterocycles. The number of aliphatic hydroxyl groups is 2. The van der Waals surface area contributed by atoms with Crippen LogP contribution in [-0.2, 0) is 6.42 Å². The third kappa shape index (κ3) is 7.03. The second-order valence-electron chi connectivity index (χ2n) is 7.65. The number of unbranched alkanes of at least 4 members (excludes halogenated alkanes) is 3. The lowest BCUT2D eigenvalue weighted by Gasteiger charge is -2.24. The van der Waals surface area contributed by atoms with Crippen LogP contribution in [0.5, 0.6) is 11.5 Å². The van der Waals surface area contributed by atoms with E-state index in [1.807, 2.05) is 30.3 Å². The molecule has 0 fully saturated rings. The number of nitrogens with two attached hydrogens (primary N) is 1. The second-order valence-corrected chi connectivity index (χ2v) is 7.65. The summed E-state index contributed by atoms with van der Waals surface area (Å²) in [5.41, 5.74) is 8.19. The van der Waals surface area contributed by atoms with Crippen molar-refractivity contribution < 1.29 is 19.7 Å². The fraction of sp³-hybridized carbons (Fsp3) is 0.500. The minimum absolute atomic E-state index is 0.230. The average Bonchev–Trinajstić information content (AvgIpc) is 2.77. The molecule has 4 N–H and O–H groups in total. The predicted octanol–water partition coefficient (Wildman–Crippen LogP) is 3.94. The average molecular weight is 402 g/mol. The maximum Gasteiger partial charge on any atom is 0.130 e. The lowest BCUT2D eigenvalue weighted by Crippen LogP contribution is -2.47. The van der Waals surface area contributed by atoms with Crippen molar-refractivity contribution in [2.75, 3.05) is 26.9 Å². The van der Waals surface area contributed by atoms with Crippen molar-refractivity contribution in [3.63, 3.8) is 0 Å². The maximum atomic E-state index is 9.32. The van der Waals surface area contributed by atoms with Gasteiger partial charge in [-0.3, -0.25) is 0 Å². The van der Waals surface area contributed by atoms with Crippen molar-refractivity contribution in [1.29, 1.82) is 0 Å². The van der Waals surface area contributed by atoms with Gasteiger partial charge in [-0.2, -0.15) is 0 Å². The summed E-state index contributed by atoms with van der Waals surface area (Å²) in [7, 11) is 1.67. The number of rotatable bonds is 13. The molecule has 2 aromatic rings. The van der Waals surface area contributed by atoms with Crippen molar-refractivity contribution in [2.45, 2.75) is 51.0 Å². The molecule has 0 spiro atoms. The van der Waals surface area contributed by atoms with Gasteiger partial charge in [-0.05, 0) is 42.5 Å². The first kappa shape index (κ1) is 23.2. The quantitative estimate of drug-likeness (QED) is 0.443. The first-order valence-corrected chi connectivity index (χ1v) is 10.5. The number of hydrogen-bond donors (Lipinski definition) is 3. The standard InChI is InChI=1S/C24H35NO4/c1-3-4-5-6-15-29-21-11-12-22(23(16-21)28-2)20-9-7-19(8-10-20)13-14-24(25,17-26)18-27/h7-12,16,26-27H,3-6,13-15,17-18,25H2,1-2H3. The van der Waals surface area contributed by atoms with Crippen LogP contribution < -0.4 is 15.2 Å². The summed E-state index contributed by atoms with van der Waals surface area (Å²) >= 11 is 0. The largest absolute Gasteiger partial charge is 0.496 e. The molecule has 0 bridgehead atoms. The summed E-state index contributed by atoms with van der Waals surface area (Å²) in [5, 5.41) is 18.6. The molecule has 0 heterocycles. The molecule has 160 valence electrons. The molecule has 5 heteroatoms. The van der Waals surface area contributed by atoms with E-state index in [-0.39, 0.29) is 13.2 Å². The Bertz CT molecular complexity index is 726. The topological polar surface area (TPSA) is 84.9 Å². The first-order valence-electron chi connectivity index (χ1n) is 10.5. The molecule has 0 saturated heterocycles. The maximum absolute atomic E-state index is 9.32. The molecular weight excluding hydrogens is 366 g/mol. The molecule has 0 aliphatic carbocycles. The van der Waals surface area contributed by atoms with E-state index in [0.29, 0.717) is 12.8 Å². The number of ether oxygens (including phenoxy) is 2. The second kappa shape index (κ2) is 11.8. The smallest absolute Gasteiger partial charge is 0.130 e. The van der Waals surface area contributed by atoms with Gasteiger partial charge < -0.3 is 25.4 Å². The van der Waals surface area contributed by atoms with Crippen LogP contribution in [0, 0.1) is 0 Å². The molecule has 0 saturated carbocycles. The minimum Gasteiger partial charge on any atom is -0.496 e. The van der Waals surface area contributed by atoms with E-state index in [4.69, 9.17) is 15.2 Å². The van der Waals surface area contributed by atoms with Gasteiger partial charge in [-0.1, -0.05) is 50.5 Å². The van der Waals surface area contributed by atoms with Crippen LogP contribution in [0.4, 0.5) is 0 Å². The van der Waals surface area contributed by atoms with E-state index < -0.39 is 5.54 Å². The lowest BCUT2D eigenvalue weighted by atomic mass is 9.93. The van der Waals surface area contributed by atoms with Crippen molar-refractivity contribution in [3.05, 3.63) is 48.0 Å². The van der Waals surface area contributed by atoms with Gasteiger partial charge >= 0.3 is 0 Å². The summed E-state index contributed by atoms with van der Waals surface area (Å²) < 4.78 is 11.4. The van der Waals surface area contributed by atoms with Crippen LogP contribution in [0.2, 0.25) is 0 Å². The molecule has 0 radical (unpaired) electrons. The van der Waals surface area contributed by atoms with Crippen molar-refractivity contribution >= 4 is 0 Å². The van der Waals surface area contributed by atoms with E-state index in [1.54, 1.807) is 7.11 Å². The van der Waals surface area contributed by atoms with E-state index in [0.717, 1.165) is 41.2 Å². The highest BCUT2D eigenvalue weighted by atomic mass is 16.5. The van der Waals surface area contributed by atoms with E-state index >= 15 is 0 Å². The fourth-order valence-corrected chi connectivity index (χ4v) is 3.17. The molecule has 2 aromatic carbocycles. The van der Waals surface area contributed by atoms with Gasteiger partial charge in [-0.25, -0.2) is 0 Å². The van der Waals surface area contributed by atoms with Crippen molar-refractivity contribution in [1.82, 2.24) is 0 Å². The van der Waals surface area contributed by atoms with Crippen molar-refractivity contribution in [3.8, 4) is 22.6 Å². The third-order valence-electron chi connectivity index (χ3n) is 5.25. The van der Waals surface area contributed by atoms with Gasteiger partial charge in [0.25, 0.3) is 0 Å². The number of methoxy groups -OCH3 is 1. The van der Waals surface area contributed by atoms with Crippen LogP contribution in [0.1, 0.15) is 44.6 Å². The number of benzene rings is 2. The van der Waals surface area contributed by atoms with Gasteiger partial charge in [0, 0.05) is 11.6 Å². The van der Waals surface area contributed by atoms with Gasteiger partial charge in [0.1, 0.15) is 11.5 Å². The highest BCUT2D eigenvalue weighted by molar-refractivity contribution is 5.71. The van der Waals surface area contributed by atoms with E-state index in [9.17, 15) is 10.2 Å². The summed E-state index contributed by atoms with van der Waals surface area (Å²) in [6.07, 6.45) is 5.94. The van der Waals surface area contributed by atoms with Gasteiger partial charge in [0.15, 0.2) is 0 Å². The van der Waals surface area contributed by atoms with Gasteiger partial charge in [-0.15, -0.1) is 0 Å².